The second-order valence-corrected chi connectivity index (χ2v) is 3.71. The number of aryl methyl sites for hydroxylation is 2. The van der Waals surface area contributed by atoms with Crippen LogP contribution in [-0.2, 0) is 16.0 Å². The van der Waals surface area contributed by atoms with Crippen LogP contribution in [0.4, 0.5) is 0 Å². The molecular formula is C12H15ClO2. The van der Waals surface area contributed by atoms with E-state index in [1.165, 1.54) is 11.1 Å². The number of esters is 1. The van der Waals surface area contributed by atoms with E-state index >= 15 is 0 Å². The molecule has 1 rings (SSSR count). The fourth-order valence-corrected chi connectivity index (χ4v) is 1.33. The molecule has 0 saturated heterocycles. The number of hydrogen-bond donors (Lipinski definition) is 0. The minimum atomic E-state index is -0.347. The zero-order valence-electron chi connectivity index (χ0n) is 8.83. The van der Waals surface area contributed by atoms with Crippen LogP contribution in [0.2, 0.25) is 0 Å². The number of alkyl halides is 1. The summed E-state index contributed by atoms with van der Waals surface area (Å²) in [6, 6.07) is 8.36. The van der Waals surface area contributed by atoms with E-state index in [2.05, 4.69) is 31.2 Å². The highest BCUT2D eigenvalue weighted by atomic mass is 35.5. The van der Waals surface area contributed by atoms with Crippen LogP contribution in [0.3, 0.4) is 0 Å². The smallest absolute Gasteiger partial charge is 0.320 e. The normalized spacial score (nSPS) is 10.0. The molecule has 0 aliphatic carbocycles. The van der Waals surface area contributed by atoms with E-state index in [4.69, 9.17) is 16.3 Å². The summed E-state index contributed by atoms with van der Waals surface area (Å²) in [5.74, 6) is -0.412. The molecular weight excluding hydrogens is 212 g/mol. The Labute approximate surface area is 95.2 Å². The molecule has 0 bridgehead atoms. The maximum atomic E-state index is 10.7. The van der Waals surface area contributed by atoms with Crippen molar-refractivity contribution < 1.29 is 9.53 Å². The van der Waals surface area contributed by atoms with Gasteiger partial charge < -0.3 is 4.74 Å². The lowest BCUT2D eigenvalue weighted by atomic mass is 10.1. The summed E-state index contributed by atoms with van der Waals surface area (Å²) in [5, 5.41) is 0. The minimum Gasteiger partial charge on any atom is -0.465 e. The average Bonchev–Trinajstić information content (AvgIpc) is 2.26. The number of benzene rings is 1. The molecule has 1 aromatic carbocycles. The first-order valence-electron chi connectivity index (χ1n) is 4.99. The maximum Gasteiger partial charge on any atom is 0.320 e. The first kappa shape index (κ1) is 12.1. The summed E-state index contributed by atoms with van der Waals surface area (Å²) in [7, 11) is 0. The third kappa shape index (κ3) is 4.84. The highest BCUT2D eigenvalue weighted by Gasteiger charge is 1.99. The molecule has 0 atom stereocenters. The SMILES string of the molecule is Cc1ccc(CCCOC(=O)CCl)cc1. The largest absolute Gasteiger partial charge is 0.465 e. The Hall–Kier alpha value is -1.02. The second-order valence-electron chi connectivity index (χ2n) is 3.44. The van der Waals surface area contributed by atoms with E-state index < -0.39 is 0 Å². The summed E-state index contributed by atoms with van der Waals surface area (Å²) < 4.78 is 4.87. The van der Waals surface area contributed by atoms with Gasteiger partial charge in [0.1, 0.15) is 5.88 Å². The van der Waals surface area contributed by atoms with Gasteiger partial charge in [-0.05, 0) is 25.3 Å². The number of ether oxygens (including phenoxy) is 1. The third-order valence-electron chi connectivity index (χ3n) is 2.10. The Balaban J connectivity index is 2.20. The first-order valence-corrected chi connectivity index (χ1v) is 5.53. The Bertz CT molecular complexity index is 306. The van der Waals surface area contributed by atoms with Crippen LogP contribution >= 0.6 is 11.6 Å². The number of rotatable bonds is 5. The molecule has 0 aliphatic heterocycles. The van der Waals surface area contributed by atoms with Crippen LogP contribution in [-0.4, -0.2) is 18.5 Å². The van der Waals surface area contributed by atoms with Crippen molar-refractivity contribution in [3.05, 3.63) is 35.4 Å². The lowest BCUT2D eigenvalue weighted by Crippen LogP contribution is -2.07. The van der Waals surface area contributed by atoms with Crippen molar-refractivity contribution in [2.24, 2.45) is 0 Å². The van der Waals surface area contributed by atoms with Gasteiger partial charge in [0.2, 0.25) is 0 Å². The highest BCUT2D eigenvalue weighted by molar-refractivity contribution is 6.26. The fourth-order valence-electron chi connectivity index (χ4n) is 1.26. The minimum absolute atomic E-state index is 0.0649. The average molecular weight is 227 g/mol. The molecule has 2 nitrogen and oxygen atoms in total. The summed E-state index contributed by atoms with van der Waals surface area (Å²) in [6.07, 6.45) is 1.77. The van der Waals surface area contributed by atoms with Gasteiger partial charge >= 0.3 is 5.97 Å². The summed E-state index contributed by atoms with van der Waals surface area (Å²) in [6.45, 7) is 2.51. The molecule has 0 aromatic heterocycles. The van der Waals surface area contributed by atoms with Crippen molar-refractivity contribution in [2.45, 2.75) is 19.8 Å². The predicted molar refractivity (Wildman–Crippen MR) is 61.2 cm³/mol. The van der Waals surface area contributed by atoms with Gasteiger partial charge in [-0.15, -0.1) is 11.6 Å². The Morgan fingerprint density at radius 3 is 2.60 bits per heavy atom. The van der Waals surface area contributed by atoms with E-state index in [-0.39, 0.29) is 11.8 Å². The maximum absolute atomic E-state index is 10.7. The van der Waals surface area contributed by atoms with Crippen molar-refractivity contribution in [1.82, 2.24) is 0 Å². The van der Waals surface area contributed by atoms with E-state index in [0.717, 1.165) is 12.8 Å². The number of halogens is 1. The molecule has 15 heavy (non-hydrogen) atoms. The van der Waals surface area contributed by atoms with Gasteiger partial charge in [-0.25, -0.2) is 0 Å². The number of hydrogen-bond acceptors (Lipinski definition) is 2. The summed E-state index contributed by atoms with van der Waals surface area (Å²) in [5.41, 5.74) is 2.52. The van der Waals surface area contributed by atoms with Gasteiger partial charge in [0.25, 0.3) is 0 Å². The van der Waals surface area contributed by atoms with E-state index in [0.29, 0.717) is 6.61 Å². The Morgan fingerprint density at radius 2 is 2.00 bits per heavy atom. The topological polar surface area (TPSA) is 26.3 Å². The molecule has 3 heteroatoms. The number of carbonyl (C=O) groups is 1. The van der Waals surface area contributed by atoms with Gasteiger partial charge in [-0.3, -0.25) is 4.79 Å². The van der Waals surface area contributed by atoms with Gasteiger partial charge in [-0.1, -0.05) is 29.8 Å². The lowest BCUT2D eigenvalue weighted by Gasteiger charge is -2.03. The molecule has 0 amide bonds. The molecule has 82 valence electrons. The van der Waals surface area contributed by atoms with Crippen molar-refractivity contribution in [2.75, 3.05) is 12.5 Å². The molecule has 0 heterocycles. The quantitative estimate of drug-likeness (QED) is 0.438. The van der Waals surface area contributed by atoms with Gasteiger partial charge in [-0.2, -0.15) is 0 Å². The zero-order valence-corrected chi connectivity index (χ0v) is 9.59. The first-order chi connectivity index (χ1) is 7.22. The van der Waals surface area contributed by atoms with E-state index in [9.17, 15) is 4.79 Å². The number of carbonyl (C=O) groups excluding carboxylic acids is 1. The molecule has 0 fully saturated rings. The van der Waals surface area contributed by atoms with Crippen LogP contribution in [0.25, 0.3) is 0 Å². The molecule has 0 unspecified atom stereocenters. The fraction of sp³-hybridized carbons (Fsp3) is 0.417. The molecule has 0 N–H and O–H groups in total. The Kier molecular flexibility index (Phi) is 5.19. The van der Waals surface area contributed by atoms with Crippen LogP contribution in [0.1, 0.15) is 17.5 Å². The third-order valence-corrected chi connectivity index (χ3v) is 2.32. The Morgan fingerprint density at radius 1 is 1.33 bits per heavy atom. The van der Waals surface area contributed by atoms with Crippen molar-refractivity contribution >= 4 is 17.6 Å². The van der Waals surface area contributed by atoms with Crippen molar-refractivity contribution in [3.8, 4) is 0 Å². The molecule has 0 aliphatic rings. The predicted octanol–water partition coefficient (Wildman–Crippen LogP) is 2.71. The summed E-state index contributed by atoms with van der Waals surface area (Å²) in [4.78, 5) is 10.7. The molecule has 1 aromatic rings. The lowest BCUT2D eigenvalue weighted by molar-refractivity contribution is -0.140. The van der Waals surface area contributed by atoms with Crippen LogP contribution in [0.15, 0.2) is 24.3 Å². The van der Waals surface area contributed by atoms with E-state index in [1.54, 1.807) is 0 Å². The molecule has 0 radical (unpaired) electrons. The van der Waals surface area contributed by atoms with Crippen molar-refractivity contribution in [1.29, 1.82) is 0 Å². The summed E-state index contributed by atoms with van der Waals surface area (Å²) >= 11 is 5.29. The monoisotopic (exact) mass is 226 g/mol. The van der Waals surface area contributed by atoms with Gasteiger partial charge in [0.15, 0.2) is 0 Å². The van der Waals surface area contributed by atoms with Gasteiger partial charge in [0.05, 0.1) is 6.61 Å². The van der Waals surface area contributed by atoms with E-state index in [1.807, 2.05) is 0 Å². The standard InChI is InChI=1S/C12H15ClO2/c1-10-4-6-11(7-5-10)3-2-8-15-12(14)9-13/h4-7H,2-3,8-9H2,1H3. The highest BCUT2D eigenvalue weighted by Crippen LogP contribution is 2.05. The molecule has 0 saturated carbocycles. The van der Waals surface area contributed by atoms with Crippen molar-refractivity contribution in [3.63, 3.8) is 0 Å². The van der Waals surface area contributed by atoms with Crippen LogP contribution in [0, 0.1) is 6.92 Å². The molecule has 0 spiro atoms. The van der Waals surface area contributed by atoms with Crippen LogP contribution in [0.5, 0.6) is 0 Å². The second kappa shape index (κ2) is 6.46. The zero-order chi connectivity index (χ0) is 11.1. The van der Waals surface area contributed by atoms with Crippen LogP contribution < -0.4 is 0 Å². The van der Waals surface area contributed by atoms with Gasteiger partial charge in [0, 0.05) is 0 Å².